The van der Waals surface area contributed by atoms with Crippen LogP contribution in [0.25, 0.3) is 0 Å². The number of nitrogens with zero attached hydrogens (tertiary/aromatic N) is 1. The summed E-state index contributed by atoms with van der Waals surface area (Å²) in [5.74, 6) is 0. The van der Waals surface area contributed by atoms with Crippen LogP contribution in [-0.4, -0.2) is 0 Å². The normalized spacial score (nSPS) is 13.9. The Morgan fingerprint density at radius 1 is 1.38 bits per heavy atom. The summed E-state index contributed by atoms with van der Waals surface area (Å²) in [6.07, 6.45) is 3.18. The maximum Gasteiger partial charge on any atom is 0.0994 e. The predicted octanol–water partition coefficient (Wildman–Crippen LogP) is 3.01. The summed E-state index contributed by atoms with van der Waals surface area (Å²) >= 11 is 6.16. The van der Waals surface area contributed by atoms with Crippen LogP contribution >= 0.6 is 11.6 Å². The van der Waals surface area contributed by atoms with Crippen molar-refractivity contribution in [2.24, 2.45) is 0 Å². The molecule has 0 amide bonds. The van der Waals surface area contributed by atoms with Crippen LogP contribution in [0.2, 0.25) is 5.02 Å². The standard InChI is InChI=1S/C11H10ClN/c1-7-5-8(6-13)9-3-2-4-10(9)11(7)12/h5H,2-4H2,1H3. The van der Waals surface area contributed by atoms with Gasteiger partial charge in [0.05, 0.1) is 11.6 Å². The van der Waals surface area contributed by atoms with Gasteiger partial charge >= 0.3 is 0 Å². The van der Waals surface area contributed by atoms with E-state index in [1.165, 1.54) is 11.1 Å². The monoisotopic (exact) mass is 191 g/mol. The zero-order valence-electron chi connectivity index (χ0n) is 7.52. The third-order valence-corrected chi connectivity index (χ3v) is 3.16. The zero-order valence-corrected chi connectivity index (χ0v) is 8.28. The summed E-state index contributed by atoms with van der Waals surface area (Å²) in [5, 5.41) is 9.79. The van der Waals surface area contributed by atoms with Gasteiger partial charge in [-0.1, -0.05) is 11.6 Å². The van der Waals surface area contributed by atoms with Crippen molar-refractivity contribution < 1.29 is 0 Å². The van der Waals surface area contributed by atoms with Crippen molar-refractivity contribution in [2.45, 2.75) is 26.2 Å². The lowest BCUT2D eigenvalue weighted by atomic mass is 10.0. The number of rotatable bonds is 0. The van der Waals surface area contributed by atoms with Crippen LogP contribution in [0.5, 0.6) is 0 Å². The van der Waals surface area contributed by atoms with Crippen molar-refractivity contribution in [3.63, 3.8) is 0 Å². The third-order valence-electron chi connectivity index (χ3n) is 2.64. The van der Waals surface area contributed by atoms with E-state index in [2.05, 4.69) is 6.07 Å². The number of benzene rings is 1. The number of hydrogen-bond donors (Lipinski definition) is 0. The van der Waals surface area contributed by atoms with Crippen molar-refractivity contribution in [3.05, 3.63) is 33.3 Å². The summed E-state index contributed by atoms with van der Waals surface area (Å²) in [6.45, 7) is 1.96. The lowest BCUT2D eigenvalue weighted by Gasteiger charge is -2.07. The molecule has 0 saturated heterocycles. The first kappa shape index (κ1) is 8.59. The number of nitriles is 1. The zero-order chi connectivity index (χ0) is 9.42. The van der Waals surface area contributed by atoms with Crippen LogP contribution in [0, 0.1) is 18.3 Å². The molecule has 0 aliphatic heterocycles. The molecule has 1 aromatic rings. The highest BCUT2D eigenvalue weighted by molar-refractivity contribution is 6.32. The molecule has 0 bridgehead atoms. The molecule has 1 aromatic carbocycles. The Labute approximate surface area is 82.9 Å². The van der Waals surface area contributed by atoms with Crippen LogP contribution in [0.4, 0.5) is 0 Å². The van der Waals surface area contributed by atoms with Crippen molar-refractivity contribution in [1.82, 2.24) is 0 Å². The second-order valence-electron chi connectivity index (χ2n) is 3.48. The summed E-state index contributed by atoms with van der Waals surface area (Å²) in [4.78, 5) is 0. The van der Waals surface area contributed by atoms with E-state index in [4.69, 9.17) is 16.9 Å². The molecule has 0 saturated carbocycles. The van der Waals surface area contributed by atoms with Crippen LogP contribution in [0.3, 0.4) is 0 Å². The molecular weight excluding hydrogens is 182 g/mol. The van der Waals surface area contributed by atoms with Crippen LogP contribution < -0.4 is 0 Å². The fourth-order valence-corrected chi connectivity index (χ4v) is 2.25. The van der Waals surface area contributed by atoms with Crippen LogP contribution in [-0.2, 0) is 12.8 Å². The molecule has 1 aliphatic carbocycles. The molecule has 0 atom stereocenters. The number of hydrogen-bond acceptors (Lipinski definition) is 1. The lowest BCUT2D eigenvalue weighted by molar-refractivity contribution is 0.911. The van der Waals surface area contributed by atoms with E-state index in [0.29, 0.717) is 0 Å². The van der Waals surface area contributed by atoms with E-state index in [1.807, 2.05) is 13.0 Å². The topological polar surface area (TPSA) is 23.8 Å². The van der Waals surface area contributed by atoms with Crippen molar-refractivity contribution in [1.29, 1.82) is 5.26 Å². The minimum Gasteiger partial charge on any atom is -0.192 e. The highest BCUT2D eigenvalue weighted by atomic mass is 35.5. The van der Waals surface area contributed by atoms with Gasteiger partial charge in [-0.25, -0.2) is 0 Å². The molecule has 66 valence electrons. The molecule has 1 nitrogen and oxygen atoms in total. The Morgan fingerprint density at radius 2 is 2.08 bits per heavy atom. The Kier molecular flexibility index (Phi) is 2.01. The van der Waals surface area contributed by atoms with Crippen molar-refractivity contribution in [2.75, 3.05) is 0 Å². The molecule has 0 aromatic heterocycles. The van der Waals surface area contributed by atoms with E-state index >= 15 is 0 Å². The second kappa shape index (κ2) is 3.05. The molecule has 1 aliphatic rings. The van der Waals surface area contributed by atoms with E-state index < -0.39 is 0 Å². The van der Waals surface area contributed by atoms with E-state index in [-0.39, 0.29) is 0 Å². The van der Waals surface area contributed by atoms with Gasteiger partial charge in [0.15, 0.2) is 0 Å². The highest BCUT2D eigenvalue weighted by Crippen LogP contribution is 2.33. The quantitative estimate of drug-likeness (QED) is 0.619. The molecule has 2 rings (SSSR count). The van der Waals surface area contributed by atoms with Crippen LogP contribution in [0.15, 0.2) is 6.07 Å². The smallest absolute Gasteiger partial charge is 0.0994 e. The number of fused-ring (bicyclic) bond motifs is 1. The molecule has 0 heterocycles. The van der Waals surface area contributed by atoms with Gasteiger partial charge in [-0.2, -0.15) is 5.26 Å². The first-order chi connectivity index (χ1) is 6.24. The van der Waals surface area contributed by atoms with E-state index in [1.54, 1.807) is 0 Å². The van der Waals surface area contributed by atoms with Crippen molar-refractivity contribution in [3.8, 4) is 6.07 Å². The lowest BCUT2D eigenvalue weighted by Crippen LogP contribution is -1.92. The van der Waals surface area contributed by atoms with Crippen LogP contribution in [0.1, 0.15) is 28.7 Å². The fourth-order valence-electron chi connectivity index (χ4n) is 1.99. The molecule has 13 heavy (non-hydrogen) atoms. The van der Waals surface area contributed by atoms with E-state index in [9.17, 15) is 0 Å². The first-order valence-corrected chi connectivity index (χ1v) is 4.83. The van der Waals surface area contributed by atoms with E-state index in [0.717, 1.165) is 35.4 Å². The highest BCUT2D eigenvalue weighted by Gasteiger charge is 2.19. The van der Waals surface area contributed by atoms with Gasteiger partial charge in [-0.05, 0) is 48.9 Å². The van der Waals surface area contributed by atoms with Gasteiger partial charge in [0.1, 0.15) is 0 Å². The average molecular weight is 192 g/mol. The second-order valence-corrected chi connectivity index (χ2v) is 3.86. The third kappa shape index (κ3) is 1.22. The predicted molar refractivity (Wildman–Crippen MR) is 52.9 cm³/mol. The average Bonchev–Trinajstić information content (AvgIpc) is 2.60. The SMILES string of the molecule is Cc1cc(C#N)c2c(c1Cl)CCC2. The molecule has 0 N–H and O–H groups in total. The molecule has 0 unspecified atom stereocenters. The summed E-state index contributed by atoms with van der Waals surface area (Å²) < 4.78 is 0. The first-order valence-electron chi connectivity index (χ1n) is 4.45. The molecule has 0 fully saturated rings. The van der Waals surface area contributed by atoms with Gasteiger partial charge < -0.3 is 0 Å². The van der Waals surface area contributed by atoms with Gasteiger partial charge in [-0.3, -0.25) is 0 Å². The Balaban J connectivity index is 2.73. The minimum absolute atomic E-state index is 0.814. The summed E-state index contributed by atoms with van der Waals surface area (Å²) in [7, 11) is 0. The number of halogens is 1. The summed E-state index contributed by atoms with van der Waals surface area (Å²) in [6, 6.07) is 4.13. The largest absolute Gasteiger partial charge is 0.192 e. The number of aryl methyl sites for hydroxylation is 1. The van der Waals surface area contributed by atoms with Gasteiger partial charge in [0.2, 0.25) is 0 Å². The van der Waals surface area contributed by atoms with Gasteiger partial charge in [0, 0.05) is 5.02 Å². The molecular formula is C11H10ClN. The minimum atomic E-state index is 0.814. The molecule has 2 heteroatoms. The van der Waals surface area contributed by atoms with Crippen molar-refractivity contribution >= 4 is 11.6 Å². The Hall–Kier alpha value is -1.000. The van der Waals surface area contributed by atoms with Gasteiger partial charge in [0.25, 0.3) is 0 Å². The Bertz CT molecular complexity index is 402. The fraction of sp³-hybridized carbons (Fsp3) is 0.364. The molecule has 0 radical (unpaired) electrons. The Morgan fingerprint density at radius 3 is 2.77 bits per heavy atom. The summed E-state index contributed by atoms with van der Waals surface area (Å²) in [5.41, 5.74) is 4.23. The molecule has 0 spiro atoms. The maximum absolute atomic E-state index is 8.92. The van der Waals surface area contributed by atoms with Gasteiger partial charge in [-0.15, -0.1) is 0 Å². The maximum atomic E-state index is 8.92.